The van der Waals surface area contributed by atoms with E-state index in [1.165, 1.54) is 23.3 Å². The van der Waals surface area contributed by atoms with Gasteiger partial charge in [-0.3, -0.25) is 4.79 Å². The predicted octanol–water partition coefficient (Wildman–Crippen LogP) is 5.24. The zero-order valence-corrected chi connectivity index (χ0v) is 17.1. The van der Waals surface area contributed by atoms with Crippen LogP contribution < -0.4 is 0 Å². The summed E-state index contributed by atoms with van der Waals surface area (Å²) in [6.45, 7) is 3.77. The van der Waals surface area contributed by atoms with Crippen molar-refractivity contribution in [1.82, 2.24) is 14.9 Å². The van der Waals surface area contributed by atoms with Crippen LogP contribution in [0.1, 0.15) is 32.6 Å². The van der Waals surface area contributed by atoms with Crippen LogP contribution >= 0.6 is 23.1 Å². The summed E-state index contributed by atoms with van der Waals surface area (Å²) in [7, 11) is 0. The fraction of sp³-hybridized carbons (Fsp3) is 0.381. The van der Waals surface area contributed by atoms with Gasteiger partial charge in [-0.1, -0.05) is 54.9 Å². The molecule has 1 saturated heterocycles. The van der Waals surface area contributed by atoms with Gasteiger partial charge in [-0.15, -0.1) is 11.3 Å². The van der Waals surface area contributed by atoms with E-state index in [2.05, 4.69) is 28.2 Å². The fourth-order valence-corrected chi connectivity index (χ4v) is 5.48. The first-order valence-electron chi connectivity index (χ1n) is 9.48. The van der Waals surface area contributed by atoms with E-state index in [1.54, 1.807) is 29.4 Å². The topological polar surface area (TPSA) is 46.1 Å². The number of aromatic nitrogens is 2. The highest BCUT2D eigenvalue weighted by atomic mass is 32.2. The molecule has 6 heteroatoms. The molecule has 1 aliphatic heterocycles. The second-order valence-electron chi connectivity index (χ2n) is 6.87. The van der Waals surface area contributed by atoms with E-state index in [4.69, 9.17) is 0 Å². The molecule has 1 fully saturated rings. The Labute approximate surface area is 168 Å². The standard InChI is InChI=1S/C21H23N3OS2/c1-15(21(25)24-11-7-2-3-8-12-24)26-19-17-13-18(16-9-5-4-6-10-16)27-20(17)23-14-22-19/h4-6,9-10,13-15H,2-3,7-8,11-12H2,1H3/t15-/m0/s1. The average molecular weight is 398 g/mol. The molecule has 1 aliphatic rings. The lowest BCUT2D eigenvalue weighted by Gasteiger charge is -2.23. The number of thioether (sulfide) groups is 1. The molecule has 1 amide bonds. The van der Waals surface area contributed by atoms with Gasteiger partial charge in [0, 0.05) is 23.4 Å². The van der Waals surface area contributed by atoms with E-state index < -0.39 is 0 Å². The van der Waals surface area contributed by atoms with Crippen LogP contribution in [-0.4, -0.2) is 39.1 Å². The van der Waals surface area contributed by atoms with Gasteiger partial charge in [0.05, 0.1) is 5.25 Å². The minimum atomic E-state index is -0.138. The molecule has 0 spiro atoms. The van der Waals surface area contributed by atoms with Crippen LogP contribution in [0.25, 0.3) is 20.7 Å². The van der Waals surface area contributed by atoms with E-state index in [0.717, 1.165) is 41.2 Å². The van der Waals surface area contributed by atoms with Gasteiger partial charge in [-0.25, -0.2) is 9.97 Å². The third-order valence-corrected chi connectivity index (χ3v) is 7.10. The lowest BCUT2D eigenvalue weighted by molar-refractivity contribution is -0.130. The monoisotopic (exact) mass is 397 g/mol. The number of carbonyl (C=O) groups is 1. The number of rotatable bonds is 4. The maximum Gasteiger partial charge on any atom is 0.235 e. The Morgan fingerprint density at radius 1 is 1.11 bits per heavy atom. The van der Waals surface area contributed by atoms with Gasteiger partial charge in [0.2, 0.25) is 5.91 Å². The summed E-state index contributed by atoms with van der Waals surface area (Å²) in [6.07, 6.45) is 6.31. The molecule has 0 bridgehead atoms. The Morgan fingerprint density at radius 3 is 2.59 bits per heavy atom. The normalized spacial score (nSPS) is 16.3. The van der Waals surface area contributed by atoms with E-state index in [1.807, 2.05) is 30.0 Å². The summed E-state index contributed by atoms with van der Waals surface area (Å²) in [4.78, 5) is 26.0. The van der Waals surface area contributed by atoms with Crippen molar-refractivity contribution in [1.29, 1.82) is 0 Å². The van der Waals surface area contributed by atoms with E-state index in [9.17, 15) is 4.79 Å². The van der Waals surface area contributed by atoms with Gasteiger partial charge < -0.3 is 4.90 Å². The number of nitrogens with zero attached hydrogens (tertiary/aromatic N) is 3. The molecular weight excluding hydrogens is 374 g/mol. The van der Waals surface area contributed by atoms with Gasteiger partial charge in [0.25, 0.3) is 0 Å². The second kappa shape index (κ2) is 8.40. The van der Waals surface area contributed by atoms with Crippen molar-refractivity contribution in [2.45, 2.75) is 42.9 Å². The van der Waals surface area contributed by atoms with Crippen LogP contribution in [0.15, 0.2) is 47.8 Å². The Morgan fingerprint density at radius 2 is 1.85 bits per heavy atom. The first-order chi connectivity index (χ1) is 13.2. The molecule has 0 aliphatic carbocycles. The number of thiophene rings is 1. The quantitative estimate of drug-likeness (QED) is 0.446. The Hall–Kier alpha value is -1.92. The molecule has 2 aromatic heterocycles. The smallest absolute Gasteiger partial charge is 0.235 e. The van der Waals surface area contributed by atoms with Crippen LogP contribution in [0.5, 0.6) is 0 Å². The maximum absolute atomic E-state index is 12.9. The molecule has 1 aromatic carbocycles. The minimum absolute atomic E-state index is 0.138. The van der Waals surface area contributed by atoms with E-state index in [-0.39, 0.29) is 11.2 Å². The molecule has 140 valence electrons. The molecule has 3 aromatic rings. The summed E-state index contributed by atoms with van der Waals surface area (Å²) in [5.41, 5.74) is 1.19. The second-order valence-corrected chi connectivity index (χ2v) is 9.23. The van der Waals surface area contributed by atoms with E-state index in [0.29, 0.717) is 0 Å². The third kappa shape index (κ3) is 4.17. The number of benzene rings is 1. The SMILES string of the molecule is C[C@H](Sc1ncnc2sc(-c3ccccc3)cc12)C(=O)N1CCCCCC1. The first kappa shape index (κ1) is 18.4. The molecule has 0 unspecified atom stereocenters. The fourth-order valence-electron chi connectivity index (χ4n) is 3.44. The van der Waals surface area contributed by atoms with Gasteiger partial charge in [-0.2, -0.15) is 0 Å². The largest absolute Gasteiger partial charge is 0.342 e. The van der Waals surface area contributed by atoms with Crippen LogP contribution in [0, 0.1) is 0 Å². The molecule has 3 heterocycles. The van der Waals surface area contributed by atoms with Crippen molar-refractivity contribution in [3.63, 3.8) is 0 Å². The van der Waals surface area contributed by atoms with Crippen molar-refractivity contribution < 1.29 is 4.79 Å². The Kier molecular flexibility index (Phi) is 5.74. The van der Waals surface area contributed by atoms with Gasteiger partial charge in [0.15, 0.2) is 0 Å². The van der Waals surface area contributed by atoms with Gasteiger partial charge in [0.1, 0.15) is 16.2 Å². The molecule has 27 heavy (non-hydrogen) atoms. The number of hydrogen-bond donors (Lipinski definition) is 0. The van der Waals surface area contributed by atoms with Crippen LogP contribution in [0.4, 0.5) is 0 Å². The Bertz CT molecular complexity index is 918. The molecule has 4 nitrogen and oxygen atoms in total. The third-order valence-electron chi connectivity index (χ3n) is 4.91. The van der Waals surface area contributed by atoms with Gasteiger partial charge >= 0.3 is 0 Å². The number of fused-ring (bicyclic) bond motifs is 1. The van der Waals surface area contributed by atoms with Crippen molar-refractivity contribution in [3.05, 3.63) is 42.7 Å². The molecule has 4 rings (SSSR count). The Balaban J connectivity index is 1.56. The lowest BCUT2D eigenvalue weighted by atomic mass is 10.2. The first-order valence-corrected chi connectivity index (χ1v) is 11.2. The van der Waals surface area contributed by atoms with E-state index >= 15 is 0 Å². The molecule has 0 N–H and O–H groups in total. The van der Waals surface area contributed by atoms with Crippen molar-refractivity contribution in [2.75, 3.05) is 13.1 Å². The zero-order valence-electron chi connectivity index (χ0n) is 15.4. The molecule has 0 saturated carbocycles. The number of hydrogen-bond acceptors (Lipinski definition) is 5. The van der Waals surface area contributed by atoms with Crippen LogP contribution in [-0.2, 0) is 4.79 Å². The highest BCUT2D eigenvalue weighted by molar-refractivity contribution is 8.00. The number of amides is 1. The molecule has 1 atom stereocenters. The summed E-state index contributed by atoms with van der Waals surface area (Å²) in [5, 5.41) is 1.80. The molecule has 0 radical (unpaired) electrons. The summed E-state index contributed by atoms with van der Waals surface area (Å²) in [6, 6.07) is 12.5. The predicted molar refractivity (Wildman–Crippen MR) is 113 cm³/mol. The summed E-state index contributed by atoms with van der Waals surface area (Å²) in [5.74, 6) is 0.229. The summed E-state index contributed by atoms with van der Waals surface area (Å²) < 4.78 is 0. The molecular formula is C21H23N3OS2. The summed E-state index contributed by atoms with van der Waals surface area (Å²) >= 11 is 3.23. The number of likely N-dealkylation sites (tertiary alicyclic amines) is 1. The minimum Gasteiger partial charge on any atom is -0.342 e. The maximum atomic E-state index is 12.9. The zero-order chi connectivity index (χ0) is 18.6. The average Bonchev–Trinajstić information content (AvgIpc) is 2.96. The van der Waals surface area contributed by atoms with Crippen LogP contribution in [0.3, 0.4) is 0 Å². The van der Waals surface area contributed by atoms with Crippen molar-refractivity contribution in [2.24, 2.45) is 0 Å². The van der Waals surface area contributed by atoms with Crippen molar-refractivity contribution >= 4 is 39.2 Å². The van der Waals surface area contributed by atoms with Crippen LogP contribution in [0.2, 0.25) is 0 Å². The highest BCUT2D eigenvalue weighted by Gasteiger charge is 2.24. The lowest BCUT2D eigenvalue weighted by Crippen LogP contribution is -2.37. The van der Waals surface area contributed by atoms with Gasteiger partial charge in [-0.05, 0) is 31.4 Å². The number of carbonyl (C=O) groups excluding carboxylic acids is 1. The van der Waals surface area contributed by atoms with Crippen molar-refractivity contribution in [3.8, 4) is 10.4 Å². The highest BCUT2D eigenvalue weighted by Crippen LogP contribution is 2.37.